The van der Waals surface area contributed by atoms with Crippen molar-refractivity contribution >= 4 is 0 Å². The van der Waals surface area contributed by atoms with Crippen molar-refractivity contribution in [2.24, 2.45) is 11.8 Å². The Morgan fingerprint density at radius 3 is 2.77 bits per heavy atom. The minimum Gasteiger partial charge on any atom is -0.313 e. The highest BCUT2D eigenvalue weighted by Gasteiger charge is 2.34. The van der Waals surface area contributed by atoms with Gasteiger partial charge in [0, 0.05) is 18.6 Å². The third-order valence-corrected chi connectivity index (χ3v) is 3.95. The van der Waals surface area contributed by atoms with Crippen molar-refractivity contribution in [2.45, 2.75) is 45.2 Å². The van der Waals surface area contributed by atoms with Gasteiger partial charge in [-0.05, 0) is 37.6 Å². The summed E-state index contributed by atoms with van der Waals surface area (Å²) < 4.78 is 0. The van der Waals surface area contributed by atoms with E-state index in [0.29, 0.717) is 0 Å². The van der Waals surface area contributed by atoms with Gasteiger partial charge in [0.15, 0.2) is 0 Å². The summed E-state index contributed by atoms with van der Waals surface area (Å²) in [6.45, 7) is 7.13. The van der Waals surface area contributed by atoms with E-state index < -0.39 is 0 Å². The Balaban J connectivity index is 1.63. The third-order valence-electron chi connectivity index (χ3n) is 3.95. The van der Waals surface area contributed by atoms with Crippen molar-refractivity contribution in [2.75, 3.05) is 13.1 Å². The minimum atomic E-state index is 0.753. The molecule has 76 valence electrons. The molecule has 0 spiro atoms. The molecule has 1 aliphatic heterocycles. The molecular weight excluding hydrogens is 160 g/mol. The van der Waals surface area contributed by atoms with Crippen LogP contribution in [-0.4, -0.2) is 25.2 Å². The van der Waals surface area contributed by atoms with E-state index in [1.54, 1.807) is 0 Å². The summed E-state index contributed by atoms with van der Waals surface area (Å²) in [7, 11) is 0. The van der Waals surface area contributed by atoms with Crippen LogP contribution in [0, 0.1) is 11.8 Å². The van der Waals surface area contributed by atoms with Crippen molar-refractivity contribution < 1.29 is 0 Å². The van der Waals surface area contributed by atoms with Gasteiger partial charge in [-0.15, -0.1) is 0 Å². The van der Waals surface area contributed by atoms with Crippen LogP contribution < -0.4 is 10.6 Å². The van der Waals surface area contributed by atoms with Crippen molar-refractivity contribution in [3.8, 4) is 0 Å². The van der Waals surface area contributed by atoms with Crippen LogP contribution >= 0.6 is 0 Å². The smallest absolute Gasteiger partial charge is 0.0193 e. The van der Waals surface area contributed by atoms with E-state index in [0.717, 1.165) is 23.9 Å². The van der Waals surface area contributed by atoms with Gasteiger partial charge in [0.2, 0.25) is 0 Å². The van der Waals surface area contributed by atoms with Gasteiger partial charge >= 0.3 is 0 Å². The molecule has 0 aromatic carbocycles. The normalized spacial score (nSPS) is 44.8. The summed E-state index contributed by atoms with van der Waals surface area (Å²) in [5, 5.41) is 7.20. The van der Waals surface area contributed by atoms with Crippen molar-refractivity contribution in [3.63, 3.8) is 0 Å². The molecule has 1 aliphatic carbocycles. The highest BCUT2D eigenvalue weighted by molar-refractivity contribution is 4.90. The van der Waals surface area contributed by atoms with E-state index in [1.165, 1.54) is 32.4 Å². The molecular formula is C11H22N2. The Labute approximate surface area is 81.5 Å². The van der Waals surface area contributed by atoms with Crippen LogP contribution in [0.25, 0.3) is 0 Å². The van der Waals surface area contributed by atoms with E-state index in [-0.39, 0.29) is 0 Å². The van der Waals surface area contributed by atoms with E-state index in [9.17, 15) is 0 Å². The fraction of sp³-hybridized carbons (Fsp3) is 1.00. The molecule has 0 radical (unpaired) electrons. The first-order valence-electron chi connectivity index (χ1n) is 5.74. The van der Waals surface area contributed by atoms with Gasteiger partial charge in [0.1, 0.15) is 0 Å². The second-order valence-corrected chi connectivity index (χ2v) is 4.88. The Morgan fingerprint density at radius 2 is 2.23 bits per heavy atom. The molecule has 2 rings (SSSR count). The lowest BCUT2D eigenvalue weighted by molar-refractivity contribution is 0.135. The lowest BCUT2D eigenvalue weighted by atomic mass is 9.71. The van der Waals surface area contributed by atoms with Crippen LogP contribution in [-0.2, 0) is 0 Å². The molecule has 4 atom stereocenters. The topological polar surface area (TPSA) is 24.1 Å². The van der Waals surface area contributed by atoms with Gasteiger partial charge in [-0.25, -0.2) is 0 Å². The SMILES string of the molecule is CC1CC(NC[C@H]2CCCN2)C1C. The minimum absolute atomic E-state index is 0.753. The quantitative estimate of drug-likeness (QED) is 0.689. The molecule has 0 bridgehead atoms. The lowest BCUT2D eigenvalue weighted by Gasteiger charge is -2.42. The molecule has 2 heteroatoms. The summed E-state index contributed by atoms with van der Waals surface area (Å²) in [6.07, 6.45) is 4.11. The van der Waals surface area contributed by atoms with Crippen LogP contribution in [0.5, 0.6) is 0 Å². The summed E-state index contributed by atoms with van der Waals surface area (Å²) in [4.78, 5) is 0. The molecule has 2 N–H and O–H groups in total. The van der Waals surface area contributed by atoms with Crippen LogP contribution in [0.2, 0.25) is 0 Å². The largest absolute Gasteiger partial charge is 0.313 e. The fourth-order valence-corrected chi connectivity index (χ4v) is 2.52. The highest BCUT2D eigenvalue weighted by atomic mass is 15.0. The zero-order valence-electron chi connectivity index (χ0n) is 8.84. The second kappa shape index (κ2) is 3.97. The highest BCUT2D eigenvalue weighted by Crippen LogP contribution is 2.33. The maximum atomic E-state index is 3.68. The van der Waals surface area contributed by atoms with Gasteiger partial charge in [0.25, 0.3) is 0 Å². The first kappa shape index (κ1) is 9.47. The molecule has 2 aliphatic rings. The van der Waals surface area contributed by atoms with Crippen LogP contribution in [0.4, 0.5) is 0 Å². The zero-order chi connectivity index (χ0) is 9.26. The Kier molecular flexibility index (Phi) is 2.89. The van der Waals surface area contributed by atoms with Crippen molar-refractivity contribution in [3.05, 3.63) is 0 Å². The third kappa shape index (κ3) is 2.05. The maximum absolute atomic E-state index is 3.68. The standard InChI is InChI=1S/C11H22N2/c1-8-6-11(9(8)2)13-7-10-4-3-5-12-10/h8-13H,3-7H2,1-2H3/t8?,9?,10-,11?/m1/s1. The van der Waals surface area contributed by atoms with Crippen LogP contribution in [0.15, 0.2) is 0 Å². The Morgan fingerprint density at radius 1 is 1.38 bits per heavy atom. The fourth-order valence-electron chi connectivity index (χ4n) is 2.52. The summed E-state index contributed by atoms with van der Waals surface area (Å²) in [5.41, 5.74) is 0. The van der Waals surface area contributed by atoms with E-state index in [2.05, 4.69) is 24.5 Å². The predicted molar refractivity (Wildman–Crippen MR) is 55.8 cm³/mol. The first-order chi connectivity index (χ1) is 6.27. The van der Waals surface area contributed by atoms with E-state index >= 15 is 0 Å². The maximum Gasteiger partial charge on any atom is 0.0193 e. The van der Waals surface area contributed by atoms with E-state index in [1.807, 2.05) is 0 Å². The zero-order valence-corrected chi connectivity index (χ0v) is 8.84. The monoisotopic (exact) mass is 182 g/mol. The molecule has 2 nitrogen and oxygen atoms in total. The summed E-state index contributed by atoms with van der Waals surface area (Å²) >= 11 is 0. The van der Waals surface area contributed by atoms with Crippen LogP contribution in [0.1, 0.15) is 33.1 Å². The van der Waals surface area contributed by atoms with Gasteiger partial charge < -0.3 is 10.6 Å². The molecule has 2 fully saturated rings. The summed E-state index contributed by atoms with van der Waals surface area (Å²) in [5.74, 6) is 1.83. The molecule has 3 unspecified atom stereocenters. The van der Waals surface area contributed by atoms with Gasteiger partial charge in [-0.3, -0.25) is 0 Å². The van der Waals surface area contributed by atoms with Crippen LogP contribution in [0.3, 0.4) is 0 Å². The molecule has 13 heavy (non-hydrogen) atoms. The molecule has 1 saturated carbocycles. The molecule has 0 aromatic heterocycles. The first-order valence-corrected chi connectivity index (χ1v) is 5.74. The van der Waals surface area contributed by atoms with Crippen molar-refractivity contribution in [1.82, 2.24) is 10.6 Å². The second-order valence-electron chi connectivity index (χ2n) is 4.88. The molecule has 1 heterocycles. The Hall–Kier alpha value is -0.0800. The lowest BCUT2D eigenvalue weighted by Crippen LogP contribution is -2.51. The average molecular weight is 182 g/mol. The van der Waals surface area contributed by atoms with Crippen molar-refractivity contribution in [1.29, 1.82) is 0 Å². The average Bonchev–Trinajstić information content (AvgIpc) is 2.64. The van der Waals surface area contributed by atoms with Gasteiger partial charge in [-0.1, -0.05) is 13.8 Å². The number of hydrogen-bond donors (Lipinski definition) is 2. The summed E-state index contributed by atoms with van der Waals surface area (Å²) in [6, 6.07) is 1.56. The predicted octanol–water partition coefficient (Wildman–Crippen LogP) is 1.37. The molecule has 0 amide bonds. The van der Waals surface area contributed by atoms with Gasteiger partial charge in [-0.2, -0.15) is 0 Å². The number of rotatable bonds is 3. The molecule has 0 aromatic rings. The van der Waals surface area contributed by atoms with E-state index in [4.69, 9.17) is 0 Å². The number of hydrogen-bond acceptors (Lipinski definition) is 2. The van der Waals surface area contributed by atoms with Gasteiger partial charge in [0.05, 0.1) is 0 Å². The molecule has 1 saturated heterocycles. The Bertz CT molecular complexity index is 163. The number of nitrogens with one attached hydrogen (secondary N) is 2.